The van der Waals surface area contributed by atoms with Crippen LogP contribution in [-0.4, -0.2) is 24.3 Å². The Morgan fingerprint density at radius 2 is 2.56 bits per heavy atom. The lowest BCUT2D eigenvalue weighted by Crippen LogP contribution is -2.18. The number of Topliss-reactive ketones (excluding diaryl/α,β-unsaturated/α-hetero) is 1. The maximum absolute atomic E-state index is 10.8. The van der Waals surface area contributed by atoms with Crippen molar-refractivity contribution in [2.75, 3.05) is 6.61 Å². The maximum Gasteiger partial charge on any atom is 0.183 e. The van der Waals surface area contributed by atoms with Crippen LogP contribution in [0.3, 0.4) is 0 Å². The van der Waals surface area contributed by atoms with E-state index in [2.05, 4.69) is 0 Å². The van der Waals surface area contributed by atoms with Crippen molar-refractivity contribution < 1.29 is 9.53 Å². The van der Waals surface area contributed by atoms with Crippen LogP contribution in [0, 0.1) is 0 Å². The van der Waals surface area contributed by atoms with Crippen molar-refractivity contribution in [1.82, 2.24) is 0 Å². The average molecular weight is 146 g/mol. The zero-order valence-corrected chi connectivity index (χ0v) is 6.71. The van der Waals surface area contributed by atoms with Crippen LogP contribution in [-0.2, 0) is 9.53 Å². The number of rotatable bonds is 2. The van der Waals surface area contributed by atoms with E-state index in [4.69, 9.17) is 4.74 Å². The van der Waals surface area contributed by atoms with Gasteiger partial charge in [0.15, 0.2) is 5.78 Å². The third-order valence-corrected chi connectivity index (χ3v) is 1.85. The van der Waals surface area contributed by atoms with Gasteiger partial charge in [-0.2, -0.15) is 0 Å². The smallest absolute Gasteiger partial charge is 0.183 e. The summed E-state index contributed by atoms with van der Waals surface area (Å²) < 4.78 is 5.13. The highest BCUT2D eigenvalue weighted by molar-refractivity contribution is 7.22. The molecule has 0 aromatic carbocycles. The van der Waals surface area contributed by atoms with Crippen LogP contribution in [0.15, 0.2) is 0 Å². The molecule has 2 atom stereocenters. The molecule has 0 aromatic rings. The molecule has 0 saturated carbocycles. The molecular formula is C6H11O2P. The van der Waals surface area contributed by atoms with Gasteiger partial charge in [-0.1, -0.05) is 0 Å². The fourth-order valence-electron chi connectivity index (χ4n) is 0.933. The average Bonchev–Trinajstić information content (AvgIpc) is 2.37. The number of carbonyl (C=O) groups excluding carboxylic acids is 1. The third kappa shape index (κ3) is 1.67. The summed E-state index contributed by atoms with van der Waals surface area (Å²) in [5.74, 6) is 1.75. The van der Waals surface area contributed by atoms with E-state index in [0.717, 1.165) is 19.4 Å². The second kappa shape index (κ2) is 3.19. The van der Waals surface area contributed by atoms with Gasteiger partial charge in [0, 0.05) is 6.61 Å². The van der Waals surface area contributed by atoms with Crippen molar-refractivity contribution in [3.63, 3.8) is 0 Å². The Morgan fingerprint density at radius 3 is 3.00 bits per heavy atom. The van der Waals surface area contributed by atoms with E-state index in [1.54, 1.807) is 14.7 Å². The second-order valence-electron chi connectivity index (χ2n) is 2.11. The molecule has 52 valence electrons. The van der Waals surface area contributed by atoms with E-state index in [1.165, 1.54) is 0 Å². The Morgan fingerprint density at radius 1 is 1.78 bits per heavy atom. The highest BCUT2D eigenvalue weighted by Gasteiger charge is 2.20. The zero-order chi connectivity index (χ0) is 6.69. The third-order valence-electron chi connectivity index (χ3n) is 1.45. The molecule has 1 fully saturated rings. The van der Waals surface area contributed by atoms with E-state index < -0.39 is 0 Å². The van der Waals surface area contributed by atoms with Gasteiger partial charge in [0.25, 0.3) is 0 Å². The van der Waals surface area contributed by atoms with Crippen molar-refractivity contribution in [3.05, 3.63) is 0 Å². The lowest BCUT2D eigenvalue weighted by atomic mass is 10.2. The molecule has 1 aliphatic heterocycles. The fourth-order valence-corrected chi connectivity index (χ4v) is 1.20. The summed E-state index contributed by atoms with van der Waals surface area (Å²) in [6.45, 7) is 0.757. The molecule has 1 saturated heterocycles. The number of hydrogen-bond acceptors (Lipinski definition) is 2. The maximum atomic E-state index is 10.8. The molecule has 1 unspecified atom stereocenters. The summed E-state index contributed by atoms with van der Waals surface area (Å²) in [7, 11) is 1.57. The molecule has 1 aliphatic rings. The summed E-state index contributed by atoms with van der Waals surface area (Å²) >= 11 is 0. The molecule has 0 aromatic heterocycles. The molecule has 0 aliphatic carbocycles. The first-order chi connectivity index (χ1) is 4.34. The molecule has 3 heteroatoms. The molecule has 0 amide bonds. The van der Waals surface area contributed by atoms with Gasteiger partial charge in [0.05, 0.1) is 0 Å². The lowest BCUT2D eigenvalue weighted by Gasteiger charge is -2.01. The van der Waals surface area contributed by atoms with Gasteiger partial charge >= 0.3 is 0 Å². The highest BCUT2D eigenvalue weighted by atomic mass is 31.0. The quantitative estimate of drug-likeness (QED) is 0.518. The summed E-state index contributed by atoms with van der Waals surface area (Å²) in [6, 6.07) is 0. The van der Waals surface area contributed by atoms with E-state index >= 15 is 0 Å². The molecule has 0 radical (unpaired) electrons. The Labute approximate surface area is 56.4 Å². The van der Waals surface area contributed by atoms with Gasteiger partial charge in [0.2, 0.25) is 0 Å². The van der Waals surface area contributed by atoms with Gasteiger partial charge in [-0.3, -0.25) is 4.79 Å². The molecule has 9 heavy (non-hydrogen) atoms. The second-order valence-corrected chi connectivity index (χ2v) is 2.52. The van der Waals surface area contributed by atoms with E-state index in [-0.39, 0.29) is 11.9 Å². The monoisotopic (exact) mass is 146 g/mol. The van der Waals surface area contributed by atoms with E-state index in [1.807, 2.05) is 0 Å². The van der Waals surface area contributed by atoms with Crippen LogP contribution in [0.4, 0.5) is 0 Å². The van der Waals surface area contributed by atoms with E-state index in [0.29, 0.717) is 0 Å². The van der Waals surface area contributed by atoms with Gasteiger partial charge < -0.3 is 4.74 Å². The summed E-state index contributed by atoms with van der Waals surface area (Å²) in [5.41, 5.74) is 0. The minimum Gasteiger partial charge on any atom is -0.370 e. The minimum atomic E-state index is -0.109. The largest absolute Gasteiger partial charge is 0.370 e. The first-order valence-corrected chi connectivity index (χ1v) is 3.94. The van der Waals surface area contributed by atoms with Crippen LogP contribution >= 0.6 is 8.86 Å². The summed E-state index contributed by atoms with van der Waals surface area (Å²) in [6.07, 6.45) is 1.84. The molecular weight excluding hydrogens is 135 g/mol. The number of hydrogen-bond donors (Lipinski definition) is 0. The van der Waals surface area contributed by atoms with Gasteiger partial charge in [-0.15, -0.1) is 8.86 Å². The van der Waals surface area contributed by atoms with Crippen molar-refractivity contribution in [1.29, 1.82) is 0 Å². The highest BCUT2D eigenvalue weighted by Crippen LogP contribution is 2.11. The molecule has 2 nitrogen and oxygen atoms in total. The predicted octanol–water partition coefficient (Wildman–Crippen LogP) is 0.144. The standard InChI is InChI=1S/C6H11O2P/c7-5(4-9)6-2-1-3-8-6/h4,6H,1-3H2,9H3/t6-/m0/s1. The number of ether oxygens (including phenoxy) is 1. The van der Waals surface area contributed by atoms with Crippen molar-refractivity contribution in [2.45, 2.75) is 18.9 Å². The summed E-state index contributed by atoms with van der Waals surface area (Å²) in [4.78, 5) is 10.8. The Hall–Kier alpha value is -0.0700. The Kier molecular flexibility index (Phi) is 2.49. The Balaban J connectivity index is 2.41. The molecule has 1 rings (SSSR count). The zero-order valence-electron chi connectivity index (χ0n) is 5.30. The van der Waals surface area contributed by atoms with Crippen LogP contribution in [0.2, 0.25) is 0 Å². The molecule has 0 bridgehead atoms. The first-order valence-electron chi connectivity index (χ1n) is 3.12. The van der Waals surface area contributed by atoms with Gasteiger partial charge in [0.1, 0.15) is 6.10 Å². The van der Waals surface area contributed by atoms with Gasteiger partial charge in [-0.25, -0.2) is 0 Å². The predicted molar refractivity (Wildman–Crippen MR) is 41.2 cm³/mol. The fraction of sp³-hybridized carbons (Fsp3) is 0.667. The molecule has 0 spiro atoms. The number of carbonyl (C=O) groups is 1. The van der Waals surface area contributed by atoms with Gasteiger partial charge in [-0.05, 0) is 18.6 Å². The molecule has 0 N–H and O–H groups in total. The Bertz CT molecular complexity index is 127. The first kappa shape index (κ1) is 7.04. The van der Waals surface area contributed by atoms with E-state index in [9.17, 15) is 4.79 Å². The SMILES string of the molecule is O=C(C=[PH3])[C@@H]1CCCO1. The van der Waals surface area contributed by atoms with Crippen LogP contribution < -0.4 is 0 Å². The van der Waals surface area contributed by atoms with Crippen molar-refractivity contribution >= 4 is 20.4 Å². The number of ketones is 1. The normalized spacial score (nSPS) is 26.4. The van der Waals surface area contributed by atoms with Crippen LogP contribution in [0.1, 0.15) is 12.8 Å². The summed E-state index contributed by atoms with van der Waals surface area (Å²) in [5, 5.41) is 0. The van der Waals surface area contributed by atoms with Crippen molar-refractivity contribution in [2.24, 2.45) is 0 Å². The minimum absolute atomic E-state index is 0.109. The lowest BCUT2D eigenvalue weighted by molar-refractivity contribution is -0.120. The molecule has 1 heterocycles. The topological polar surface area (TPSA) is 26.3 Å². The van der Waals surface area contributed by atoms with Crippen molar-refractivity contribution in [3.8, 4) is 0 Å². The van der Waals surface area contributed by atoms with Crippen LogP contribution in [0.25, 0.3) is 0 Å². The van der Waals surface area contributed by atoms with Crippen LogP contribution in [0.5, 0.6) is 0 Å².